The second kappa shape index (κ2) is 5.09. The molecule has 0 bridgehead atoms. The molecule has 3 rings (SSSR count). The molecule has 1 N–H and O–H groups in total. The Balaban J connectivity index is 1.97. The summed E-state index contributed by atoms with van der Waals surface area (Å²) in [6.45, 7) is 1.57. The van der Waals surface area contributed by atoms with Crippen molar-refractivity contribution in [3.63, 3.8) is 0 Å². The molecule has 20 heavy (non-hydrogen) atoms. The van der Waals surface area contributed by atoms with Crippen molar-refractivity contribution in [2.45, 2.75) is 12.3 Å². The zero-order valence-electron chi connectivity index (χ0n) is 11.2. The Morgan fingerprint density at radius 2 is 2.30 bits per heavy atom. The topological polar surface area (TPSA) is 64.4 Å². The van der Waals surface area contributed by atoms with E-state index in [0.29, 0.717) is 5.92 Å². The Kier molecular flexibility index (Phi) is 3.28. The first kappa shape index (κ1) is 12.9. The van der Waals surface area contributed by atoms with Crippen LogP contribution in [0.5, 0.6) is 0 Å². The number of carboxylic acid groups (broad SMARTS) is 1. The van der Waals surface area contributed by atoms with Gasteiger partial charge in [0.1, 0.15) is 0 Å². The van der Waals surface area contributed by atoms with Gasteiger partial charge in [-0.2, -0.15) is 5.10 Å². The number of aryl methyl sites for hydroxylation is 1. The highest BCUT2D eigenvalue weighted by molar-refractivity contribution is 5.87. The van der Waals surface area contributed by atoms with Crippen LogP contribution in [0.4, 0.5) is 0 Å². The molecule has 0 amide bonds. The first-order valence-electron chi connectivity index (χ1n) is 6.60. The van der Waals surface area contributed by atoms with Crippen molar-refractivity contribution in [1.29, 1.82) is 0 Å². The summed E-state index contributed by atoms with van der Waals surface area (Å²) in [5.74, 6) is -0.575. The van der Waals surface area contributed by atoms with Gasteiger partial charge in [-0.1, -0.05) is 18.2 Å². The second-order valence-corrected chi connectivity index (χ2v) is 5.03. The summed E-state index contributed by atoms with van der Waals surface area (Å²) in [6.07, 6.45) is 1.04. The lowest BCUT2D eigenvalue weighted by Crippen LogP contribution is -2.00. The van der Waals surface area contributed by atoms with Crippen LogP contribution in [0.25, 0.3) is 11.3 Å². The van der Waals surface area contributed by atoms with Crippen molar-refractivity contribution >= 4 is 5.97 Å². The molecule has 1 aromatic heterocycles. The van der Waals surface area contributed by atoms with Crippen LogP contribution in [0.15, 0.2) is 30.3 Å². The molecule has 1 atom stereocenters. The molecule has 1 aliphatic rings. The fourth-order valence-corrected chi connectivity index (χ4v) is 2.59. The molecule has 1 aromatic carbocycles. The smallest absolute Gasteiger partial charge is 0.356 e. The Hall–Kier alpha value is -2.14. The van der Waals surface area contributed by atoms with Gasteiger partial charge >= 0.3 is 5.97 Å². The molecule has 1 saturated heterocycles. The fraction of sp³-hybridized carbons (Fsp3) is 0.333. The molecule has 0 aliphatic carbocycles. The Morgan fingerprint density at radius 3 is 2.95 bits per heavy atom. The Morgan fingerprint density at radius 1 is 1.45 bits per heavy atom. The molecule has 5 heteroatoms. The maximum Gasteiger partial charge on any atom is 0.356 e. The van der Waals surface area contributed by atoms with E-state index in [-0.39, 0.29) is 5.69 Å². The normalized spacial score (nSPS) is 18.4. The van der Waals surface area contributed by atoms with Crippen LogP contribution >= 0.6 is 0 Å². The van der Waals surface area contributed by atoms with Gasteiger partial charge in [-0.3, -0.25) is 4.68 Å². The molecule has 104 valence electrons. The van der Waals surface area contributed by atoms with Crippen LogP contribution in [-0.4, -0.2) is 34.1 Å². The van der Waals surface area contributed by atoms with Crippen molar-refractivity contribution in [3.8, 4) is 11.3 Å². The maximum atomic E-state index is 11.0. The summed E-state index contributed by atoms with van der Waals surface area (Å²) in [6, 6.07) is 9.77. The molecule has 5 nitrogen and oxygen atoms in total. The molecule has 1 unspecified atom stereocenters. The predicted molar refractivity (Wildman–Crippen MR) is 73.8 cm³/mol. The van der Waals surface area contributed by atoms with Crippen molar-refractivity contribution in [2.24, 2.45) is 7.05 Å². The quantitative estimate of drug-likeness (QED) is 0.931. The second-order valence-electron chi connectivity index (χ2n) is 5.03. The van der Waals surface area contributed by atoms with Gasteiger partial charge in [0.05, 0.1) is 12.3 Å². The van der Waals surface area contributed by atoms with Gasteiger partial charge in [-0.25, -0.2) is 4.79 Å². The molecule has 2 heterocycles. The molecular formula is C15H16N2O3. The zero-order valence-corrected chi connectivity index (χ0v) is 11.2. The third-order valence-electron chi connectivity index (χ3n) is 3.68. The average Bonchev–Trinajstić information content (AvgIpc) is 3.08. The van der Waals surface area contributed by atoms with E-state index in [1.807, 2.05) is 12.1 Å². The van der Waals surface area contributed by atoms with E-state index >= 15 is 0 Å². The molecule has 1 aliphatic heterocycles. The van der Waals surface area contributed by atoms with E-state index in [4.69, 9.17) is 9.84 Å². The average molecular weight is 272 g/mol. The van der Waals surface area contributed by atoms with Crippen molar-refractivity contribution in [1.82, 2.24) is 9.78 Å². The highest BCUT2D eigenvalue weighted by Crippen LogP contribution is 2.29. The Bertz CT molecular complexity index is 642. The summed E-state index contributed by atoms with van der Waals surface area (Å²) >= 11 is 0. The van der Waals surface area contributed by atoms with E-state index in [2.05, 4.69) is 17.2 Å². The lowest BCUT2D eigenvalue weighted by molar-refractivity contribution is 0.0689. The first-order valence-corrected chi connectivity index (χ1v) is 6.60. The summed E-state index contributed by atoms with van der Waals surface area (Å²) in [5, 5.41) is 13.0. The summed E-state index contributed by atoms with van der Waals surface area (Å²) in [7, 11) is 1.76. The van der Waals surface area contributed by atoms with Gasteiger partial charge in [0, 0.05) is 25.1 Å². The fourth-order valence-electron chi connectivity index (χ4n) is 2.59. The minimum atomic E-state index is -1.01. The highest BCUT2D eigenvalue weighted by atomic mass is 16.5. The van der Waals surface area contributed by atoms with E-state index in [1.165, 1.54) is 5.56 Å². The molecular weight excluding hydrogens is 256 g/mol. The number of hydrogen-bond donors (Lipinski definition) is 1. The maximum absolute atomic E-state index is 11.0. The molecule has 0 spiro atoms. The van der Waals surface area contributed by atoms with Crippen molar-refractivity contribution < 1.29 is 14.6 Å². The number of benzene rings is 1. The predicted octanol–water partition coefficient (Wildman–Crippen LogP) is 2.29. The largest absolute Gasteiger partial charge is 0.476 e. The minimum absolute atomic E-state index is 0.0668. The van der Waals surface area contributed by atoms with Gasteiger partial charge in [-0.15, -0.1) is 0 Å². The first-order chi connectivity index (χ1) is 9.65. The lowest BCUT2D eigenvalue weighted by Gasteiger charge is -2.10. The van der Waals surface area contributed by atoms with E-state index in [1.54, 1.807) is 17.8 Å². The molecule has 1 fully saturated rings. The van der Waals surface area contributed by atoms with Crippen LogP contribution in [0.3, 0.4) is 0 Å². The van der Waals surface area contributed by atoms with Crippen LogP contribution in [0, 0.1) is 0 Å². The number of ether oxygens (including phenoxy) is 1. The summed E-state index contributed by atoms with van der Waals surface area (Å²) < 4.78 is 7.03. The van der Waals surface area contributed by atoms with E-state index in [9.17, 15) is 4.79 Å². The lowest BCUT2D eigenvalue weighted by atomic mass is 9.96. The monoisotopic (exact) mass is 272 g/mol. The highest BCUT2D eigenvalue weighted by Gasteiger charge is 2.19. The van der Waals surface area contributed by atoms with E-state index in [0.717, 1.165) is 30.9 Å². The van der Waals surface area contributed by atoms with Gasteiger partial charge in [0.2, 0.25) is 0 Å². The Labute approximate surface area is 116 Å². The number of hydrogen-bond acceptors (Lipinski definition) is 3. The zero-order chi connectivity index (χ0) is 14.1. The van der Waals surface area contributed by atoms with Crippen LogP contribution < -0.4 is 0 Å². The minimum Gasteiger partial charge on any atom is -0.476 e. The van der Waals surface area contributed by atoms with Crippen LogP contribution in [0.2, 0.25) is 0 Å². The number of carboxylic acids is 1. The summed E-state index contributed by atoms with van der Waals surface area (Å²) in [4.78, 5) is 11.0. The van der Waals surface area contributed by atoms with Crippen LogP contribution in [0.1, 0.15) is 28.4 Å². The third kappa shape index (κ3) is 2.32. The van der Waals surface area contributed by atoms with Gasteiger partial charge < -0.3 is 9.84 Å². The number of carbonyl (C=O) groups is 1. The molecule has 0 radical (unpaired) electrons. The number of rotatable bonds is 3. The summed E-state index contributed by atoms with van der Waals surface area (Å²) in [5.41, 5.74) is 3.09. The van der Waals surface area contributed by atoms with Gasteiger partial charge in [0.15, 0.2) is 5.69 Å². The van der Waals surface area contributed by atoms with Crippen LogP contribution in [-0.2, 0) is 11.8 Å². The van der Waals surface area contributed by atoms with Gasteiger partial charge in [0.25, 0.3) is 0 Å². The van der Waals surface area contributed by atoms with E-state index < -0.39 is 5.97 Å². The third-order valence-corrected chi connectivity index (χ3v) is 3.68. The van der Waals surface area contributed by atoms with Crippen molar-refractivity contribution in [2.75, 3.05) is 13.2 Å². The standard InChI is InChI=1S/C15H16N2O3/c1-17-14(8-13(16-17)15(18)19)11-4-2-3-10(7-11)12-5-6-20-9-12/h2-4,7-8,12H,5-6,9H2,1H3,(H,18,19). The molecule has 0 saturated carbocycles. The SMILES string of the molecule is Cn1nc(C(=O)O)cc1-c1cccc(C2CCOC2)c1. The number of aromatic carboxylic acids is 1. The number of aromatic nitrogens is 2. The van der Waals surface area contributed by atoms with Gasteiger partial charge in [-0.05, 0) is 24.1 Å². The number of nitrogens with zero attached hydrogens (tertiary/aromatic N) is 2. The molecule has 2 aromatic rings. The van der Waals surface area contributed by atoms with Crippen molar-refractivity contribution in [3.05, 3.63) is 41.6 Å².